The first kappa shape index (κ1) is 17.0. The number of hydrogen-bond acceptors (Lipinski definition) is 4. The largest absolute Gasteiger partial charge is 0.299 e. The Morgan fingerprint density at radius 3 is 2.50 bits per heavy atom. The van der Waals surface area contributed by atoms with Crippen molar-refractivity contribution >= 4 is 31.6 Å². The second-order valence-corrected chi connectivity index (χ2v) is 9.08. The quantitative estimate of drug-likeness (QED) is 0.836. The molecule has 124 valence electrons. The lowest BCUT2D eigenvalue weighted by molar-refractivity contribution is 0.575. The minimum Gasteiger partial charge on any atom is -0.271 e. The summed E-state index contributed by atoms with van der Waals surface area (Å²) in [5.74, 6) is 0.122. The maximum atomic E-state index is 12.0. The van der Waals surface area contributed by atoms with Crippen LogP contribution in [-0.2, 0) is 20.2 Å². The summed E-state index contributed by atoms with van der Waals surface area (Å²) < 4.78 is 54.1. The lowest BCUT2D eigenvalue weighted by atomic mass is 10.2. The molecule has 1 fully saturated rings. The van der Waals surface area contributed by atoms with Gasteiger partial charge in [0.2, 0.25) is 10.0 Å². The summed E-state index contributed by atoms with van der Waals surface area (Å²) in [4.78, 5) is 0. The molecule has 0 bridgehead atoms. The van der Waals surface area contributed by atoms with E-state index in [0.717, 1.165) is 5.56 Å². The van der Waals surface area contributed by atoms with E-state index >= 15 is 0 Å². The summed E-state index contributed by atoms with van der Waals surface area (Å²) in [6.07, 6.45) is 0.576. The molecule has 2 N–H and O–H groups in total. The molecule has 2 rings (SSSR count). The lowest BCUT2D eigenvalue weighted by Crippen LogP contribution is -2.35. The van der Waals surface area contributed by atoms with Gasteiger partial charge < -0.3 is 0 Å². The molecule has 0 radical (unpaired) electrons. The zero-order valence-corrected chi connectivity index (χ0v) is 14.5. The van der Waals surface area contributed by atoms with E-state index in [1.807, 2.05) is 0 Å². The molecule has 1 aromatic rings. The maximum Gasteiger partial charge on any atom is 0.299 e. The third-order valence-corrected chi connectivity index (χ3v) is 6.38. The molecule has 0 saturated carbocycles. The van der Waals surface area contributed by atoms with Crippen LogP contribution in [0.1, 0.15) is 25.8 Å². The fourth-order valence-corrected chi connectivity index (χ4v) is 5.03. The molecule has 0 atom stereocenters. The molecule has 0 amide bonds. The molecule has 0 spiro atoms. The number of nitrogens with zero attached hydrogens (tertiary/aromatic N) is 1. The van der Waals surface area contributed by atoms with Crippen molar-refractivity contribution in [3.8, 4) is 0 Å². The molecule has 0 aromatic heterocycles. The summed E-state index contributed by atoms with van der Waals surface area (Å²) in [5.41, 5.74) is 1.56. The summed E-state index contributed by atoms with van der Waals surface area (Å²) in [7, 11) is -6.99. The molecular weight excluding hydrogens is 326 g/mol. The molecule has 22 heavy (non-hydrogen) atoms. The van der Waals surface area contributed by atoms with Crippen LogP contribution in [0.3, 0.4) is 0 Å². The van der Waals surface area contributed by atoms with Crippen molar-refractivity contribution in [1.29, 1.82) is 0 Å². The van der Waals surface area contributed by atoms with Crippen LogP contribution >= 0.6 is 0 Å². The van der Waals surface area contributed by atoms with Crippen LogP contribution in [-0.4, -0.2) is 35.2 Å². The standard InChI is InChI=1S/C13H21N3O4S2/c1-10(2)14-22(19,20)15-13-9-12(6-5-11(13)3)16-7-4-8-21(16,17)18/h5-6,9-10,14-15H,4,7-8H2,1-3H3. The minimum atomic E-state index is -3.69. The van der Waals surface area contributed by atoms with E-state index in [4.69, 9.17) is 0 Å². The molecule has 9 heteroatoms. The van der Waals surface area contributed by atoms with Crippen molar-refractivity contribution in [2.45, 2.75) is 33.2 Å². The molecule has 1 saturated heterocycles. The molecule has 1 aromatic carbocycles. The first-order valence-corrected chi connectivity index (χ1v) is 10.1. The molecule has 0 aliphatic carbocycles. The maximum absolute atomic E-state index is 12.0. The van der Waals surface area contributed by atoms with E-state index in [1.54, 1.807) is 39.0 Å². The summed E-state index contributed by atoms with van der Waals surface area (Å²) in [6, 6.07) is 4.71. The zero-order chi connectivity index (χ0) is 16.5. The first-order valence-electron chi connectivity index (χ1n) is 7.02. The monoisotopic (exact) mass is 347 g/mol. The number of benzene rings is 1. The first-order chi connectivity index (χ1) is 10.1. The second-order valence-electron chi connectivity index (χ2n) is 5.62. The van der Waals surface area contributed by atoms with Crippen molar-refractivity contribution in [3.05, 3.63) is 23.8 Å². The highest BCUT2D eigenvalue weighted by molar-refractivity contribution is 7.93. The number of rotatable bonds is 5. The smallest absolute Gasteiger partial charge is 0.271 e. The average Bonchev–Trinajstić information content (AvgIpc) is 2.70. The Balaban J connectivity index is 2.32. The summed E-state index contributed by atoms with van der Waals surface area (Å²) in [6.45, 7) is 5.62. The van der Waals surface area contributed by atoms with Gasteiger partial charge in [0, 0.05) is 12.6 Å². The Bertz CT molecular complexity index is 757. The van der Waals surface area contributed by atoms with Crippen molar-refractivity contribution in [2.24, 2.45) is 0 Å². The highest BCUT2D eigenvalue weighted by Gasteiger charge is 2.28. The third-order valence-electron chi connectivity index (χ3n) is 3.24. The fraction of sp³-hybridized carbons (Fsp3) is 0.538. The molecule has 1 aliphatic heterocycles. The number of anilines is 2. The highest BCUT2D eigenvalue weighted by Crippen LogP contribution is 2.28. The molecule has 1 aliphatic rings. The molecular formula is C13H21N3O4S2. The van der Waals surface area contributed by atoms with Gasteiger partial charge in [-0.2, -0.15) is 13.1 Å². The van der Waals surface area contributed by atoms with Crippen LogP contribution in [0, 0.1) is 6.92 Å². The van der Waals surface area contributed by atoms with Gasteiger partial charge in [0.1, 0.15) is 0 Å². The zero-order valence-electron chi connectivity index (χ0n) is 12.8. The Kier molecular flexibility index (Phi) is 4.69. The van der Waals surface area contributed by atoms with Gasteiger partial charge in [-0.25, -0.2) is 8.42 Å². The van der Waals surface area contributed by atoms with Crippen molar-refractivity contribution in [2.75, 3.05) is 21.3 Å². The summed E-state index contributed by atoms with van der Waals surface area (Å²) >= 11 is 0. The summed E-state index contributed by atoms with van der Waals surface area (Å²) in [5, 5.41) is 0. The Hall–Kier alpha value is -1.32. The highest BCUT2D eigenvalue weighted by atomic mass is 32.2. The van der Waals surface area contributed by atoms with Gasteiger partial charge in [-0.15, -0.1) is 0 Å². The molecule has 0 unspecified atom stereocenters. The Morgan fingerprint density at radius 1 is 1.27 bits per heavy atom. The van der Waals surface area contributed by atoms with Crippen molar-refractivity contribution in [1.82, 2.24) is 4.72 Å². The van der Waals surface area contributed by atoms with Gasteiger partial charge in [0.15, 0.2) is 0 Å². The van der Waals surface area contributed by atoms with Crippen molar-refractivity contribution in [3.63, 3.8) is 0 Å². The second kappa shape index (κ2) is 6.05. The van der Waals surface area contributed by atoms with E-state index in [-0.39, 0.29) is 11.8 Å². The van der Waals surface area contributed by atoms with Gasteiger partial charge in [0.25, 0.3) is 10.2 Å². The predicted octanol–water partition coefficient (Wildman–Crippen LogP) is 1.19. The molecule has 7 nitrogen and oxygen atoms in total. The van der Waals surface area contributed by atoms with Gasteiger partial charge in [0.05, 0.1) is 17.1 Å². The Morgan fingerprint density at radius 2 is 1.95 bits per heavy atom. The van der Waals surface area contributed by atoms with Crippen LogP contribution in [0.15, 0.2) is 18.2 Å². The van der Waals surface area contributed by atoms with Gasteiger partial charge in [-0.1, -0.05) is 6.07 Å². The number of nitrogens with one attached hydrogen (secondary N) is 2. The fourth-order valence-electron chi connectivity index (χ4n) is 2.29. The van der Waals surface area contributed by atoms with E-state index < -0.39 is 20.2 Å². The van der Waals surface area contributed by atoms with Gasteiger partial charge in [-0.3, -0.25) is 9.03 Å². The topological polar surface area (TPSA) is 95.6 Å². The van der Waals surface area contributed by atoms with Crippen LogP contribution in [0.2, 0.25) is 0 Å². The average molecular weight is 347 g/mol. The van der Waals surface area contributed by atoms with E-state index in [1.165, 1.54) is 4.31 Å². The van der Waals surface area contributed by atoms with E-state index in [0.29, 0.717) is 24.3 Å². The van der Waals surface area contributed by atoms with Gasteiger partial charge in [-0.05, 0) is 44.9 Å². The van der Waals surface area contributed by atoms with E-state index in [9.17, 15) is 16.8 Å². The minimum absolute atomic E-state index is 0.122. The Labute approximate surface area is 131 Å². The molecule has 1 heterocycles. The number of hydrogen-bond donors (Lipinski definition) is 2. The number of aryl methyl sites for hydroxylation is 1. The SMILES string of the molecule is Cc1ccc(N2CCCS2(=O)=O)cc1NS(=O)(=O)NC(C)C. The van der Waals surface area contributed by atoms with E-state index in [2.05, 4.69) is 9.44 Å². The predicted molar refractivity (Wildman–Crippen MR) is 87.7 cm³/mol. The van der Waals surface area contributed by atoms with Crippen LogP contribution in [0.5, 0.6) is 0 Å². The van der Waals surface area contributed by atoms with Gasteiger partial charge >= 0.3 is 0 Å². The third kappa shape index (κ3) is 3.90. The lowest BCUT2D eigenvalue weighted by Gasteiger charge is -2.19. The van der Waals surface area contributed by atoms with Crippen LogP contribution < -0.4 is 13.7 Å². The number of sulfonamides is 1. The van der Waals surface area contributed by atoms with Crippen LogP contribution in [0.4, 0.5) is 11.4 Å². The van der Waals surface area contributed by atoms with Crippen molar-refractivity contribution < 1.29 is 16.8 Å². The normalized spacial score (nSPS) is 17.9. The van der Waals surface area contributed by atoms with Crippen LogP contribution in [0.25, 0.3) is 0 Å².